The van der Waals surface area contributed by atoms with Gasteiger partial charge in [0.2, 0.25) is 17.6 Å². The van der Waals surface area contributed by atoms with Crippen LogP contribution in [0.1, 0.15) is 29.1 Å². The molecule has 1 aromatic heterocycles. The van der Waals surface area contributed by atoms with Crippen LogP contribution in [0.4, 0.5) is 0 Å². The minimum atomic E-state index is -0.144. The number of oxazole rings is 1. The maximum absolute atomic E-state index is 13.1. The van der Waals surface area contributed by atoms with Crippen molar-refractivity contribution in [2.24, 2.45) is 0 Å². The van der Waals surface area contributed by atoms with Crippen molar-refractivity contribution in [3.63, 3.8) is 0 Å². The summed E-state index contributed by atoms with van der Waals surface area (Å²) in [4.78, 5) is 33.4. The van der Waals surface area contributed by atoms with Gasteiger partial charge < -0.3 is 19.5 Å². The molecular weight excluding hydrogens is 380 g/mol. The Morgan fingerprint density at radius 2 is 2.04 bits per heavy atom. The number of amides is 2. The van der Waals surface area contributed by atoms with Gasteiger partial charge in [-0.25, -0.2) is 4.98 Å². The largest absolute Gasteiger partial charge is 0.431 e. The minimum Gasteiger partial charge on any atom is -0.431 e. The molecule has 1 atom stereocenters. The van der Waals surface area contributed by atoms with Crippen LogP contribution >= 0.6 is 12.4 Å². The molecule has 8 heteroatoms. The molecular formula is C20H25ClN4O3. The van der Waals surface area contributed by atoms with E-state index in [1.807, 2.05) is 35.2 Å². The number of piperidine rings is 1. The van der Waals surface area contributed by atoms with Gasteiger partial charge in [-0.3, -0.25) is 9.59 Å². The van der Waals surface area contributed by atoms with E-state index in [9.17, 15) is 9.59 Å². The van der Waals surface area contributed by atoms with Crippen LogP contribution in [0, 0.1) is 6.92 Å². The lowest BCUT2D eigenvalue weighted by Crippen LogP contribution is -2.57. The lowest BCUT2D eigenvalue weighted by Gasteiger charge is -2.40. The van der Waals surface area contributed by atoms with E-state index in [1.54, 1.807) is 11.8 Å². The number of likely N-dealkylation sites (tertiary alicyclic amines) is 1. The van der Waals surface area contributed by atoms with Crippen molar-refractivity contribution < 1.29 is 14.0 Å². The van der Waals surface area contributed by atoms with E-state index in [0.717, 1.165) is 24.9 Å². The number of piperazine rings is 1. The van der Waals surface area contributed by atoms with Gasteiger partial charge in [0.1, 0.15) is 0 Å². The summed E-state index contributed by atoms with van der Waals surface area (Å²) in [7, 11) is 0. The molecule has 2 saturated heterocycles. The Bertz CT molecular complexity index is 839. The van der Waals surface area contributed by atoms with Crippen LogP contribution in [0.2, 0.25) is 0 Å². The third-order valence-electron chi connectivity index (χ3n) is 5.26. The van der Waals surface area contributed by atoms with Gasteiger partial charge in [-0.05, 0) is 31.9 Å². The summed E-state index contributed by atoms with van der Waals surface area (Å²) < 4.78 is 5.82. The number of nitrogens with zero attached hydrogens (tertiary/aromatic N) is 3. The van der Waals surface area contributed by atoms with Crippen LogP contribution in [-0.4, -0.2) is 65.4 Å². The van der Waals surface area contributed by atoms with Crippen LogP contribution in [-0.2, 0) is 4.79 Å². The Hall–Kier alpha value is -2.38. The number of aryl methyl sites for hydroxylation is 1. The van der Waals surface area contributed by atoms with Crippen molar-refractivity contribution in [3.8, 4) is 11.5 Å². The average Bonchev–Trinajstić information content (AvgIpc) is 3.10. The van der Waals surface area contributed by atoms with Gasteiger partial charge in [-0.15, -0.1) is 12.4 Å². The number of benzene rings is 1. The van der Waals surface area contributed by atoms with Crippen LogP contribution in [0.15, 0.2) is 34.7 Å². The summed E-state index contributed by atoms with van der Waals surface area (Å²) in [5.41, 5.74) is 1.45. The Kier molecular flexibility index (Phi) is 6.36. The quantitative estimate of drug-likeness (QED) is 0.847. The lowest BCUT2D eigenvalue weighted by molar-refractivity contribution is -0.135. The molecule has 28 heavy (non-hydrogen) atoms. The summed E-state index contributed by atoms with van der Waals surface area (Å²) in [5.74, 6) is 0.723. The zero-order valence-corrected chi connectivity index (χ0v) is 16.7. The highest BCUT2D eigenvalue weighted by Crippen LogP contribution is 2.24. The predicted molar refractivity (Wildman–Crippen MR) is 107 cm³/mol. The highest BCUT2D eigenvalue weighted by molar-refractivity contribution is 5.93. The standard InChI is InChI=1S/C20H24N4O3.ClH/c1-14-18(27-19(22-14)15-6-3-2-4-7-15)20(26)23-10-5-8-16(13-23)24-11-9-21-12-17(24)25;/h2-4,6-7,16,21H,5,8-13H2,1H3;1H. The zero-order chi connectivity index (χ0) is 18.8. The fraction of sp³-hybridized carbons (Fsp3) is 0.450. The molecule has 7 nitrogen and oxygen atoms in total. The second kappa shape index (κ2) is 8.75. The first-order valence-corrected chi connectivity index (χ1v) is 9.46. The average molecular weight is 405 g/mol. The third kappa shape index (κ3) is 4.05. The molecule has 2 aliphatic rings. The van der Waals surface area contributed by atoms with Crippen molar-refractivity contribution in [1.29, 1.82) is 0 Å². The van der Waals surface area contributed by atoms with Crippen molar-refractivity contribution >= 4 is 24.2 Å². The maximum Gasteiger partial charge on any atom is 0.291 e. The summed E-state index contributed by atoms with van der Waals surface area (Å²) >= 11 is 0. The molecule has 0 aliphatic carbocycles. The van der Waals surface area contributed by atoms with E-state index < -0.39 is 0 Å². The van der Waals surface area contributed by atoms with Crippen LogP contribution in [0.5, 0.6) is 0 Å². The monoisotopic (exact) mass is 404 g/mol. The second-order valence-electron chi connectivity index (χ2n) is 7.11. The van der Waals surface area contributed by atoms with E-state index >= 15 is 0 Å². The first kappa shape index (κ1) is 20.4. The van der Waals surface area contributed by atoms with E-state index in [0.29, 0.717) is 43.5 Å². The maximum atomic E-state index is 13.1. The SMILES string of the molecule is Cc1nc(-c2ccccc2)oc1C(=O)N1CCCC(N2CCNCC2=O)C1.Cl. The molecule has 1 aromatic carbocycles. The molecule has 2 aromatic rings. The molecule has 2 fully saturated rings. The Labute approximate surface area is 170 Å². The van der Waals surface area contributed by atoms with Crippen LogP contribution < -0.4 is 5.32 Å². The van der Waals surface area contributed by atoms with E-state index in [-0.39, 0.29) is 30.3 Å². The number of rotatable bonds is 3. The van der Waals surface area contributed by atoms with Crippen molar-refractivity contribution in [1.82, 2.24) is 20.1 Å². The number of carbonyl (C=O) groups is 2. The normalized spacial score (nSPS) is 20.0. The van der Waals surface area contributed by atoms with Gasteiger partial charge in [-0.2, -0.15) is 0 Å². The van der Waals surface area contributed by atoms with E-state index in [4.69, 9.17) is 4.42 Å². The number of halogens is 1. The number of carbonyl (C=O) groups excluding carboxylic acids is 2. The van der Waals surface area contributed by atoms with Gasteiger partial charge in [-0.1, -0.05) is 18.2 Å². The van der Waals surface area contributed by atoms with Crippen LogP contribution in [0.3, 0.4) is 0 Å². The first-order valence-electron chi connectivity index (χ1n) is 9.46. The predicted octanol–water partition coefficient (Wildman–Crippen LogP) is 2.11. The lowest BCUT2D eigenvalue weighted by atomic mass is 10.0. The fourth-order valence-electron chi connectivity index (χ4n) is 3.84. The van der Waals surface area contributed by atoms with Gasteiger partial charge in [0.05, 0.1) is 12.2 Å². The number of nitrogens with one attached hydrogen (secondary N) is 1. The molecule has 1 unspecified atom stereocenters. The minimum absolute atomic E-state index is 0. The van der Waals surface area contributed by atoms with Crippen LogP contribution in [0.25, 0.3) is 11.5 Å². The molecule has 0 bridgehead atoms. The Balaban J connectivity index is 0.00000225. The Morgan fingerprint density at radius 1 is 1.25 bits per heavy atom. The second-order valence-corrected chi connectivity index (χ2v) is 7.11. The summed E-state index contributed by atoms with van der Waals surface area (Å²) in [6, 6.07) is 9.65. The highest BCUT2D eigenvalue weighted by Gasteiger charge is 2.33. The molecule has 2 amide bonds. The zero-order valence-electron chi connectivity index (χ0n) is 15.9. The Morgan fingerprint density at radius 3 is 2.79 bits per heavy atom. The summed E-state index contributed by atoms with van der Waals surface area (Å²) in [6.45, 7) is 4.90. The smallest absolute Gasteiger partial charge is 0.291 e. The molecule has 3 heterocycles. The molecule has 4 rings (SSSR count). The summed E-state index contributed by atoms with van der Waals surface area (Å²) in [5, 5.41) is 3.09. The van der Waals surface area contributed by atoms with Gasteiger partial charge in [0.15, 0.2) is 0 Å². The molecule has 0 spiro atoms. The third-order valence-corrected chi connectivity index (χ3v) is 5.26. The number of hydrogen-bond acceptors (Lipinski definition) is 5. The molecule has 1 N–H and O–H groups in total. The van der Waals surface area contributed by atoms with Gasteiger partial charge in [0.25, 0.3) is 5.91 Å². The van der Waals surface area contributed by atoms with E-state index in [1.165, 1.54) is 0 Å². The van der Waals surface area contributed by atoms with Crippen molar-refractivity contribution in [2.45, 2.75) is 25.8 Å². The van der Waals surface area contributed by atoms with Gasteiger partial charge in [0, 0.05) is 37.8 Å². The molecule has 150 valence electrons. The molecule has 2 aliphatic heterocycles. The highest BCUT2D eigenvalue weighted by atomic mass is 35.5. The number of aromatic nitrogens is 1. The summed E-state index contributed by atoms with van der Waals surface area (Å²) in [6.07, 6.45) is 1.81. The van der Waals surface area contributed by atoms with Crippen molar-refractivity contribution in [3.05, 3.63) is 41.8 Å². The van der Waals surface area contributed by atoms with Crippen molar-refractivity contribution in [2.75, 3.05) is 32.7 Å². The van der Waals surface area contributed by atoms with Gasteiger partial charge >= 0.3 is 0 Å². The topological polar surface area (TPSA) is 78.7 Å². The fourth-order valence-corrected chi connectivity index (χ4v) is 3.84. The number of hydrogen-bond donors (Lipinski definition) is 1. The first-order chi connectivity index (χ1) is 13.1. The molecule has 0 saturated carbocycles. The molecule has 0 radical (unpaired) electrons. The van der Waals surface area contributed by atoms with E-state index in [2.05, 4.69) is 10.3 Å².